The Hall–Kier alpha value is -0.620. The van der Waals surface area contributed by atoms with Crippen LogP contribution in [0, 0.1) is 0 Å². The minimum Gasteiger partial charge on any atom is -0.480 e. The van der Waals surface area contributed by atoms with E-state index in [2.05, 4.69) is 0 Å². The summed E-state index contributed by atoms with van der Waals surface area (Å²) in [4.78, 5) is 10.5. The molecule has 0 saturated carbocycles. The molecule has 0 atom stereocenters. The molecule has 0 bridgehead atoms. The summed E-state index contributed by atoms with van der Waals surface area (Å²) in [5.41, 5.74) is 0. The summed E-state index contributed by atoms with van der Waals surface area (Å²) in [6, 6.07) is -0.335. The number of nitrogens with zero attached hydrogens (tertiary/aromatic N) is 1. The number of hydrogen-bond acceptors (Lipinski definition) is 3. The lowest BCUT2D eigenvalue weighted by atomic mass is 10.4. The second-order valence-electron chi connectivity index (χ2n) is 3.63. The van der Waals surface area contributed by atoms with E-state index in [1.165, 1.54) is 13.8 Å². The Morgan fingerprint density at radius 1 is 1.29 bits per heavy atom. The fourth-order valence-corrected chi connectivity index (χ4v) is 2.39. The summed E-state index contributed by atoms with van der Waals surface area (Å²) in [5, 5.41) is 7.98. The van der Waals surface area contributed by atoms with Gasteiger partial charge in [-0.05, 0) is 27.7 Å². The van der Waals surface area contributed by atoms with Crippen LogP contribution < -0.4 is 0 Å². The van der Waals surface area contributed by atoms with E-state index in [-0.39, 0.29) is 6.04 Å². The summed E-state index contributed by atoms with van der Waals surface area (Å²) in [6.45, 7) is 5.91. The fourth-order valence-electron chi connectivity index (χ4n) is 0.970. The van der Waals surface area contributed by atoms with E-state index in [0.717, 1.165) is 4.31 Å². The second-order valence-corrected chi connectivity index (χ2v) is 6.07. The molecule has 0 rings (SSSR count). The highest BCUT2D eigenvalue weighted by Crippen LogP contribution is 2.11. The van der Waals surface area contributed by atoms with Crippen LogP contribution in [0.5, 0.6) is 0 Å². The third kappa shape index (κ3) is 3.26. The van der Waals surface area contributed by atoms with Crippen LogP contribution >= 0.6 is 0 Å². The third-order valence-corrected chi connectivity index (χ3v) is 4.19. The van der Waals surface area contributed by atoms with E-state index in [1.54, 1.807) is 13.8 Å². The van der Waals surface area contributed by atoms with Crippen molar-refractivity contribution in [3.8, 4) is 0 Å². The molecule has 0 amide bonds. The monoisotopic (exact) mass is 223 g/mol. The Kier molecular flexibility index (Phi) is 4.54. The molecule has 0 spiro atoms. The minimum atomic E-state index is -3.48. The topological polar surface area (TPSA) is 74.7 Å². The Balaban J connectivity index is 4.93. The van der Waals surface area contributed by atoms with Crippen LogP contribution in [0.3, 0.4) is 0 Å². The number of carbonyl (C=O) groups is 1. The molecule has 0 aromatic carbocycles. The van der Waals surface area contributed by atoms with Gasteiger partial charge in [-0.15, -0.1) is 0 Å². The van der Waals surface area contributed by atoms with Crippen LogP contribution in [0.15, 0.2) is 0 Å². The number of carboxylic acid groups (broad SMARTS) is 1. The van der Waals surface area contributed by atoms with Gasteiger partial charge in [-0.3, -0.25) is 4.79 Å². The lowest BCUT2D eigenvalue weighted by Crippen LogP contribution is -2.43. The van der Waals surface area contributed by atoms with Gasteiger partial charge in [0.2, 0.25) is 10.0 Å². The first-order chi connectivity index (χ1) is 6.19. The quantitative estimate of drug-likeness (QED) is 0.737. The van der Waals surface area contributed by atoms with Gasteiger partial charge in [0.05, 0.1) is 5.25 Å². The Morgan fingerprint density at radius 2 is 1.71 bits per heavy atom. The molecule has 14 heavy (non-hydrogen) atoms. The number of aliphatic carboxylic acids is 1. The SMILES string of the molecule is CC(C)N(CC(=O)O)S(=O)(=O)C(C)C. The Bertz CT molecular complexity index is 294. The van der Waals surface area contributed by atoms with Gasteiger partial charge < -0.3 is 5.11 Å². The van der Waals surface area contributed by atoms with Gasteiger partial charge in [-0.25, -0.2) is 8.42 Å². The smallest absolute Gasteiger partial charge is 0.318 e. The van der Waals surface area contributed by atoms with Crippen molar-refractivity contribution in [2.24, 2.45) is 0 Å². The highest BCUT2D eigenvalue weighted by atomic mass is 32.2. The average Bonchev–Trinajstić information content (AvgIpc) is 1.98. The molecule has 0 aromatic heterocycles. The molecule has 0 radical (unpaired) electrons. The van der Waals surface area contributed by atoms with Crippen LogP contribution in [0.2, 0.25) is 0 Å². The van der Waals surface area contributed by atoms with Crippen LogP contribution in [-0.4, -0.2) is 41.6 Å². The maximum Gasteiger partial charge on any atom is 0.318 e. The summed E-state index contributed by atoms with van der Waals surface area (Å²) in [6.07, 6.45) is 0. The maximum atomic E-state index is 11.7. The van der Waals surface area contributed by atoms with Gasteiger partial charge in [0.15, 0.2) is 0 Å². The number of rotatable bonds is 5. The van der Waals surface area contributed by atoms with Crippen LogP contribution in [-0.2, 0) is 14.8 Å². The Morgan fingerprint density at radius 3 is 1.93 bits per heavy atom. The molecule has 1 N–H and O–H groups in total. The molecule has 0 fully saturated rings. The first-order valence-corrected chi connectivity index (χ1v) is 5.92. The molecule has 0 aliphatic carbocycles. The maximum absolute atomic E-state index is 11.7. The first-order valence-electron chi connectivity index (χ1n) is 4.42. The standard InChI is InChI=1S/C8H17NO4S/c1-6(2)9(5-8(10)11)14(12,13)7(3)4/h6-7H,5H2,1-4H3,(H,10,11). The van der Waals surface area contributed by atoms with E-state index >= 15 is 0 Å². The largest absolute Gasteiger partial charge is 0.480 e. The molecule has 0 heterocycles. The summed E-state index contributed by atoms with van der Waals surface area (Å²) < 4.78 is 24.3. The molecule has 0 aromatic rings. The zero-order valence-electron chi connectivity index (χ0n) is 8.89. The van der Waals surface area contributed by atoms with Gasteiger partial charge in [0.25, 0.3) is 0 Å². The molecular formula is C8H17NO4S. The van der Waals surface area contributed by atoms with E-state index in [1.807, 2.05) is 0 Å². The molecule has 0 aliphatic heterocycles. The van der Waals surface area contributed by atoms with Gasteiger partial charge in [0.1, 0.15) is 6.54 Å². The van der Waals surface area contributed by atoms with Crippen molar-refractivity contribution in [1.82, 2.24) is 4.31 Å². The van der Waals surface area contributed by atoms with Crippen molar-refractivity contribution in [3.63, 3.8) is 0 Å². The van der Waals surface area contributed by atoms with Gasteiger partial charge >= 0.3 is 5.97 Å². The molecule has 0 unspecified atom stereocenters. The van der Waals surface area contributed by atoms with Crippen LogP contribution in [0.25, 0.3) is 0 Å². The van der Waals surface area contributed by atoms with Crippen molar-refractivity contribution < 1.29 is 18.3 Å². The van der Waals surface area contributed by atoms with Crippen LogP contribution in [0.1, 0.15) is 27.7 Å². The van der Waals surface area contributed by atoms with E-state index in [0.29, 0.717) is 0 Å². The van der Waals surface area contributed by atoms with Crippen molar-refractivity contribution in [2.45, 2.75) is 39.0 Å². The molecule has 0 aliphatic rings. The zero-order valence-corrected chi connectivity index (χ0v) is 9.71. The Labute approximate surface area is 84.8 Å². The number of sulfonamides is 1. The lowest BCUT2D eigenvalue weighted by Gasteiger charge is -2.25. The highest BCUT2D eigenvalue weighted by Gasteiger charge is 2.29. The van der Waals surface area contributed by atoms with Crippen molar-refractivity contribution in [2.75, 3.05) is 6.54 Å². The molecular weight excluding hydrogens is 206 g/mol. The molecule has 5 nitrogen and oxygen atoms in total. The summed E-state index contributed by atoms with van der Waals surface area (Å²) >= 11 is 0. The van der Waals surface area contributed by atoms with E-state index in [9.17, 15) is 13.2 Å². The summed E-state index contributed by atoms with van der Waals surface area (Å²) in [5.74, 6) is -1.14. The van der Waals surface area contributed by atoms with Crippen LogP contribution in [0.4, 0.5) is 0 Å². The number of carboxylic acids is 1. The van der Waals surface area contributed by atoms with Gasteiger partial charge in [-0.1, -0.05) is 0 Å². The second kappa shape index (κ2) is 4.75. The molecule has 6 heteroatoms. The molecule has 84 valence electrons. The minimum absolute atomic E-state index is 0.335. The van der Waals surface area contributed by atoms with E-state index in [4.69, 9.17) is 5.11 Å². The van der Waals surface area contributed by atoms with Crippen molar-refractivity contribution in [1.29, 1.82) is 0 Å². The highest BCUT2D eigenvalue weighted by molar-refractivity contribution is 7.89. The fraction of sp³-hybridized carbons (Fsp3) is 0.875. The number of hydrogen-bond donors (Lipinski definition) is 1. The normalized spacial score (nSPS) is 12.8. The third-order valence-electron chi connectivity index (χ3n) is 1.79. The van der Waals surface area contributed by atoms with E-state index < -0.39 is 27.8 Å². The zero-order chi connectivity index (χ0) is 11.5. The first kappa shape index (κ1) is 13.4. The van der Waals surface area contributed by atoms with Crippen molar-refractivity contribution >= 4 is 16.0 Å². The lowest BCUT2D eigenvalue weighted by molar-refractivity contribution is -0.137. The predicted octanol–water partition coefficient (Wildman–Crippen LogP) is 0.520. The van der Waals surface area contributed by atoms with Crippen molar-refractivity contribution in [3.05, 3.63) is 0 Å². The average molecular weight is 223 g/mol. The molecule has 0 saturated heterocycles. The summed E-state index contributed by atoms with van der Waals surface area (Å²) in [7, 11) is -3.48. The predicted molar refractivity (Wildman–Crippen MR) is 53.5 cm³/mol. The van der Waals surface area contributed by atoms with Gasteiger partial charge in [-0.2, -0.15) is 4.31 Å². The van der Waals surface area contributed by atoms with Gasteiger partial charge in [0, 0.05) is 6.04 Å².